The molecule has 94 valence electrons. The van der Waals surface area contributed by atoms with Gasteiger partial charge in [0.1, 0.15) is 11.6 Å². The molecular weight excluding hydrogens is 250 g/mol. The van der Waals surface area contributed by atoms with E-state index in [0.717, 1.165) is 12.3 Å². The standard InChI is InChI=1S/C11H7F4N3/c12-7-3-1-2-6(4-7)8-5-17-10(11(13,14)15)18-9(8)16/h1-5H,(H2,16,17,18). The number of alkyl halides is 3. The minimum absolute atomic E-state index is 0.155. The maximum absolute atomic E-state index is 13.0. The Bertz CT molecular complexity index is 581. The van der Waals surface area contributed by atoms with Gasteiger partial charge in [-0.15, -0.1) is 0 Å². The summed E-state index contributed by atoms with van der Waals surface area (Å²) in [6.45, 7) is 0. The van der Waals surface area contributed by atoms with Gasteiger partial charge in [0.25, 0.3) is 0 Å². The summed E-state index contributed by atoms with van der Waals surface area (Å²) in [6.07, 6.45) is -3.73. The first kappa shape index (κ1) is 12.3. The Morgan fingerprint density at radius 2 is 1.89 bits per heavy atom. The highest BCUT2D eigenvalue weighted by Gasteiger charge is 2.35. The van der Waals surface area contributed by atoms with Gasteiger partial charge in [-0.2, -0.15) is 13.2 Å². The number of halogens is 4. The van der Waals surface area contributed by atoms with Crippen molar-refractivity contribution >= 4 is 5.82 Å². The van der Waals surface area contributed by atoms with Gasteiger partial charge in [-0.05, 0) is 17.7 Å². The van der Waals surface area contributed by atoms with Gasteiger partial charge in [0.2, 0.25) is 5.82 Å². The predicted molar refractivity (Wildman–Crippen MR) is 56.8 cm³/mol. The summed E-state index contributed by atoms with van der Waals surface area (Å²) >= 11 is 0. The van der Waals surface area contributed by atoms with Crippen LogP contribution in [0, 0.1) is 5.82 Å². The third-order valence-corrected chi connectivity index (χ3v) is 2.21. The molecule has 0 spiro atoms. The summed E-state index contributed by atoms with van der Waals surface area (Å²) in [5.74, 6) is -2.19. The van der Waals surface area contributed by atoms with Gasteiger partial charge in [0.05, 0.1) is 0 Å². The van der Waals surface area contributed by atoms with E-state index < -0.39 is 17.8 Å². The maximum atomic E-state index is 13.0. The first-order valence-corrected chi connectivity index (χ1v) is 4.83. The largest absolute Gasteiger partial charge is 0.451 e. The molecule has 18 heavy (non-hydrogen) atoms. The van der Waals surface area contributed by atoms with Crippen LogP contribution < -0.4 is 5.73 Å². The fourth-order valence-corrected chi connectivity index (χ4v) is 1.41. The number of hydrogen-bond acceptors (Lipinski definition) is 3. The van der Waals surface area contributed by atoms with Crippen LogP contribution in [0.15, 0.2) is 30.5 Å². The lowest BCUT2D eigenvalue weighted by Crippen LogP contribution is -2.12. The lowest BCUT2D eigenvalue weighted by Gasteiger charge is -2.08. The Kier molecular flexibility index (Phi) is 2.90. The van der Waals surface area contributed by atoms with Crippen molar-refractivity contribution in [1.82, 2.24) is 9.97 Å². The second-order valence-electron chi connectivity index (χ2n) is 3.50. The summed E-state index contributed by atoms with van der Waals surface area (Å²) in [5.41, 5.74) is 5.90. The highest BCUT2D eigenvalue weighted by molar-refractivity contribution is 5.72. The molecule has 2 aromatic rings. The van der Waals surface area contributed by atoms with E-state index in [1.165, 1.54) is 18.2 Å². The monoisotopic (exact) mass is 257 g/mol. The number of nitrogens with two attached hydrogens (primary N) is 1. The van der Waals surface area contributed by atoms with Crippen LogP contribution in [-0.4, -0.2) is 9.97 Å². The number of nitrogens with zero attached hydrogens (tertiary/aromatic N) is 2. The molecule has 0 amide bonds. The normalized spacial score (nSPS) is 11.6. The average molecular weight is 257 g/mol. The van der Waals surface area contributed by atoms with E-state index in [1.54, 1.807) is 0 Å². The summed E-state index contributed by atoms with van der Waals surface area (Å²) in [7, 11) is 0. The third kappa shape index (κ3) is 2.39. The molecule has 0 aliphatic heterocycles. The second-order valence-corrected chi connectivity index (χ2v) is 3.50. The molecule has 0 saturated heterocycles. The van der Waals surface area contributed by atoms with Crippen LogP contribution >= 0.6 is 0 Å². The van der Waals surface area contributed by atoms with E-state index in [1.807, 2.05) is 0 Å². The van der Waals surface area contributed by atoms with Gasteiger partial charge in [-0.25, -0.2) is 14.4 Å². The lowest BCUT2D eigenvalue weighted by molar-refractivity contribution is -0.144. The first-order chi connectivity index (χ1) is 8.38. The van der Waals surface area contributed by atoms with Gasteiger partial charge < -0.3 is 5.73 Å². The quantitative estimate of drug-likeness (QED) is 0.799. The first-order valence-electron chi connectivity index (χ1n) is 4.83. The van der Waals surface area contributed by atoms with E-state index >= 15 is 0 Å². The fourth-order valence-electron chi connectivity index (χ4n) is 1.41. The van der Waals surface area contributed by atoms with E-state index in [0.29, 0.717) is 5.56 Å². The van der Waals surface area contributed by atoms with Crippen LogP contribution in [-0.2, 0) is 6.18 Å². The summed E-state index contributed by atoms with van der Waals surface area (Å²) in [4.78, 5) is 6.35. The molecule has 3 nitrogen and oxygen atoms in total. The number of anilines is 1. The highest BCUT2D eigenvalue weighted by Crippen LogP contribution is 2.30. The van der Waals surface area contributed by atoms with Crippen molar-refractivity contribution in [2.24, 2.45) is 0 Å². The van der Waals surface area contributed by atoms with Crippen LogP contribution in [0.1, 0.15) is 5.82 Å². The number of rotatable bonds is 1. The molecule has 2 N–H and O–H groups in total. The van der Waals surface area contributed by atoms with Crippen molar-refractivity contribution in [3.05, 3.63) is 42.1 Å². The molecule has 1 aromatic heterocycles. The molecule has 0 unspecified atom stereocenters. The van der Waals surface area contributed by atoms with Gasteiger partial charge in [0, 0.05) is 11.8 Å². The fraction of sp³-hybridized carbons (Fsp3) is 0.0909. The molecule has 1 aromatic carbocycles. The van der Waals surface area contributed by atoms with Gasteiger partial charge in [0.15, 0.2) is 0 Å². The number of hydrogen-bond donors (Lipinski definition) is 1. The predicted octanol–water partition coefficient (Wildman–Crippen LogP) is 2.88. The van der Waals surface area contributed by atoms with Crippen LogP contribution in [0.4, 0.5) is 23.4 Å². The molecule has 0 aliphatic carbocycles. The molecule has 0 aliphatic rings. The van der Waals surface area contributed by atoms with E-state index in [2.05, 4.69) is 9.97 Å². The minimum Gasteiger partial charge on any atom is -0.383 e. The molecule has 0 fully saturated rings. The Hall–Kier alpha value is -2.18. The maximum Gasteiger partial charge on any atom is 0.451 e. The zero-order valence-corrected chi connectivity index (χ0v) is 8.87. The van der Waals surface area contributed by atoms with Crippen LogP contribution in [0.5, 0.6) is 0 Å². The van der Waals surface area contributed by atoms with Crippen LogP contribution in [0.3, 0.4) is 0 Å². The third-order valence-electron chi connectivity index (χ3n) is 2.21. The van der Waals surface area contributed by atoms with E-state index in [-0.39, 0.29) is 11.4 Å². The molecule has 0 atom stereocenters. The van der Waals surface area contributed by atoms with Gasteiger partial charge in [-0.1, -0.05) is 12.1 Å². The van der Waals surface area contributed by atoms with Crippen LogP contribution in [0.25, 0.3) is 11.1 Å². The van der Waals surface area contributed by atoms with Gasteiger partial charge in [-0.3, -0.25) is 0 Å². The van der Waals surface area contributed by atoms with Crippen molar-refractivity contribution in [3.8, 4) is 11.1 Å². The Morgan fingerprint density at radius 3 is 2.44 bits per heavy atom. The SMILES string of the molecule is Nc1nc(C(F)(F)F)ncc1-c1cccc(F)c1. The smallest absolute Gasteiger partial charge is 0.383 e. The zero-order valence-electron chi connectivity index (χ0n) is 8.87. The van der Waals surface area contributed by atoms with Crippen molar-refractivity contribution in [1.29, 1.82) is 0 Å². The molecule has 2 rings (SSSR count). The summed E-state index contributed by atoms with van der Waals surface area (Å²) in [6, 6.07) is 5.28. The molecule has 7 heteroatoms. The summed E-state index contributed by atoms with van der Waals surface area (Å²) < 4.78 is 50.0. The van der Waals surface area contributed by atoms with Gasteiger partial charge >= 0.3 is 6.18 Å². The number of benzene rings is 1. The average Bonchev–Trinajstić information content (AvgIpc) is 2.27. The lowest BCUT2D eigenvalue weighted by atomic mass is 10.1. The van der Waals surface area contributed by atoms with Crippen molar-refractivity contribution in [2.75, 3.05) is 5.73 Å². The molecular formula is C11H7F4N3. The Labute approximate surface area is 99.3 Å². The molecule has 1 heterocycles. The van der Waals surface area contributed by atoms with Crippen molar-refractivity contribution < 1.29 is 17.6 Å². The Morgan fingerprint density at radius 1 is 1.17 bits per heavy atom. The highest BCUT2D eigenvalue weighted by atomic mass is 19.4. The molecule has 0 bridgehead atoms. The zero-order chi connectivity index (χ0) is 13.3. The number of aromatic nitrogens is 2. The molecule has 0 radical (unpaired) electrons. The summed E-state index contributed by atoms with van der Waals surface area (Å²) in [5, 5.41) is 0. The topological polar surface area (TPSA) is 51.8 Å². The minimum atomic E-state index is -4.66. The van der Waals surface area contributed by atoms with E-state index in [9.17, 15) is 17.6 Å². The van der Waals surface area contributed by atoms with Crippen molar-refractivity contribution in [3.63, 3.8) is 0 Å². The second kappa shape index (κ2) is 4.25. The Balaban J connectivity index is 2.48. The van der Waals surface area contributed by atoms with Crippen molar-refractivity contribution in [2.45, 2.75) is 6.18 Å². The van der Waals surface area contributed by atoms with E-state index in [4.69, 9.17) is 5.73 Å². The molecule has 0 saturated carbocycles. The van der Waals surface area contributed by atoms with Crippen LogP contribution in [0.2, 0.25) is 0 Å². The number of nitrogen functional groups attached to an aromatic ring is 1.